The number of anilines is 1. The van der Waals surface area contributed by atoms with E-state index in [9.17, 15) is 16.8 Å². The summed E-state index contributed by atoms with van der Waals surface area (Å²) >= 11 is 12.7. The number of fused-ring (bicyclic) bond motifs is 1. The Morgan fingerprint density at radius 3 is 2.39 bits per heavy atom. The molecule has 1 aromatic heterocycles. The standard InChI is InChI=1S/C18H18Cl2N2O4S2/c1-18(2)12-6-5-9-21-14(12)10-15(28(18,25)26)11-7-8-13(19)17(16(11)20)22(3)27(4,23)24/h5-10H,1-4H3. The summed E-state index contributed by atoms with van der Waals surface area (Å²) in [7, 11) is -6.22. The molecular weight excluding hydrogens is 443 g/mol. The summed E-state index contributed by atoms with van der Waals surface area (Å²) in [5.41, 5.74) is 1.28. The first-order chi connectivity index (χ1) is 12.8. The largest absolute Gasteiger partial charge is 0.270 e. The lowest BCUT2D eigenvalue weighted by atomic mass is 9.99. The Balaban J connectivity index is 2.35. The number of rotatable bonds is 3. The normalized spacial score (nSPS) is 17.6. The highest BCUT2D eigenvalue weighted by Gasteiger charge is 2.44. The molecule has 0 amide bonds. The zero-order valence-corrected chi connectivity index (χ0v) is 18.7. The highest BCUT2D eigenvalue weighted by Crippen LogP contribution is 2.48. The van der Waals surface area contributed by atoms with E-state index in [1.807, 2.05) is 0 Å². The van der Waals surface area contributed by atoms with Crippen molar-refractivity contribution in [1.82, 2.24) is 4.98 Å². The van der Waals surface area contributed by atoms with Gasteiger partial charge in [-0.15, -0.1) is 0 Å². The minimum Gasteiger partial charge on any atom is -0.270 e. The van der Waals surface area contributed by atoms with Gasteiger partial charge in [0.15, 0.2) is 9.84 Å². The quantitative estimate of drug-likeness (QED) is 0.691. The molecule has 0 atom stereocenters. The van der Waals surface area contributed by atoms with Gasteiger partial charge >= 0.3 is 0 Å². The van der Waals surface area contributed by atoms with E-state index in [1.54, 1.807) is 32.2 Å². The maximum atomic E-state index is 13.4. The van der Waals surface area contributed by atoms with Crippen molar-refractivity contribution in [3.05, 3.63) is 57.3 Å². The Morgan fingerprint density at radius 2 is 1.79 bits per heavy atom. The highest BCUT2D eigenvalue weighted by molar-refractivity contribution is 8.01. The van der Waals surface area contributed by atoms with E-state index >= 15 is 0 Å². The van der Waals surface area contributed by atoms with Gasteiger partial charge in [0.2, 0.25) is 10.0 Å². The van der Waals surface area contributed by atoms with Gasteiger partial charge in [-0.25, -0.2) is 16.8 Å². The van der Waals surface area contributed by atoms with Crippen LogP contribution in [0.1, 0.15) is 30.7 Å². The number of benzene rings is 1. The molecule has 28 heavy (non-hydrogen) atoms. The summed E-state index contributed by atoms with van der Waals surface area (Å²) in [5.74, 6) is 0. The molecule has 0 radical (unpaired) electrons. The Labute approximate surface area is 174 Å². The van der Waals surface area contributed by atoms with Gasteiger partial charge in [0.1, 0.15) is 0 Å². The third-order valence-corrected chi connectivity index (χ3v) is 9.21. The summed E-state index contributed by atoms with van der Waals surface area (Å²) in [6.07, 6.45) is 4.04. The molecule has 0 unspecified atom stereocenters. The van der Waals surface area contributed by atoms with Gasteiger partial charge < -0.3 is 0 Å². The predicted molar refractivity (Wildman–Crippen MR) is 114 cm³/mol. The Kier molecular flexibility index (Phi) is 5.07. The van der Waals surface area contributed by atoms with Gasteiger partial charge in [0, 0.05) is 18.8 Å². The highest BCUT2D eigenvalue weighted by atomic mass is 35.5. The summed E-state index contributed by atoms with van der Waals surface area (Å²) in [5, 5.41) is 0.0266. The lowest BCUT2D eigenvalue weighted by Gasteiger charge is -2.32. The molecule has 0 spiro atoms. The fourth-order valence-electron chi connectivity index (χ4n) is 3.07. The molecule has 1 aromatic carbocycles. The van der Waals surface area contributed by atoms with Gasteiger partial charge in [0.25, 0.3) is 0 Å². The van der Waals surface area contributed by atoms with Crippen LogP contribution in [0.25, 0.3) is 11.0 Å². The molecular formula is C18H18Cl2N2O4S2. The van der Waals surface area contributed by atoms with Crippen LogP contribution in [0.3, 0.4) is 0 Å². The van der Waals surface area contributed by atoms with Crippen molar-refractivity contribution in [2.45, 2.75) is 18.6 Å². The van der Waals surface area contributed by atoms with E-state index in [2.05, 4.69) is 4.98 Å². The van der Waals surface area contributed by atoms with Crippen LogP contribution in [0, 0.1) is 0 Å². The smallest absolute Gasteiger partial charge is 0.232 e. The summed E-state index contributed by atoms with van der Waals surface area (Å²) in [6, 6.07) is 6.30. The Bertz CT molecular complexity index is 1220. The molecule has 150 valence electrons. The van der Waals surface area contributed by atoms with E-state index in [1.165, 1.54) is 25.3 Å². The minimum absolute atomic E-state index is 0.0176. The van der Waals surface area contributed by atoms with Crippen LogP contribution in [0.15, 0.2) is 30.5 Å². The molecule has 6 nitrogen and oxygen atoms in total. The van der Waals surface area contributed by atoms with E-state index in [0.717, 1.165) is 10.6 Å². The number of pyridine rings is 1. The zero-order chi connectivity index (χ0) is 21.1. The zero-order valence-electron chi connectivity index (χ0n) is 15.6. The van der Waals surface area contributed by atoms with Crippen molar-refractivity contribution in [2.75, 3.05) is 17.6 Å². The molecule has 0 fully saturated rings. The van der Waals surface area contributed by atoms with Crippen molar-refractivity contribution in [2.24, 2.45) is 0 Å². The van der Waals surface area contributed by atoms with Crippen LogP contribution < -0.4 is 4.31 Å². The van der Waals surface area contributed by atoms with Crippen LogP contribution in [0.2, 0.25) is 10.0 Å². The topological polar surface area (TPSA) is 84.4 Å². The molecule has 0 bridgehead atoms. The summed E-state index contributed by atoms with van der Waals surface area (Å²) in [6.45, 7) is 3.20. The number of hydrogen-bond donors (Lipinski definition) is 0. The van der Waals surface area contributed by atoms with Gasteiger partial charge in [0.05, 0.1) is 37.3 Å². The maximum Gasteiger partial charge on any atom is 0.232 e. The van der Waals surface area contributed by atoms with Crippen LogP contribution in [0.4, 0.5) is 5.69 Å². The molecule has 1 aliphatic heterocycles. The first-order valence-electron chi connectivity index (χ1n) is 8.14. The molecule has 0 saturated heterocycles. The van der Waals surface area contributed by atoms with Gasteiger partial charge in [-0.3, -0.25) is 9.29 Å². The van der Waals surface area contributed by atoms with E-state index in [4.69, 9.17) is 23.2 Å². The van der Waals surface area contributed by atoms with Crippen LogP contribution >= 0.6 is 23.2 Å². The van der Waals surface area contributed by atoms with E-state index in [0.29, 0.717) is 11.3 Å². The van der Waals surface area contributed by atoms with Crippen LogP contribution in [-0.2, 0) is 24.6 Å². The molecule has 0 saturated carbocycles. The SMILES string of the molecule is CN(c1c(Cl)ccc(C2=Cc3ncccc3C(C)(C)S2(=O)=O)c1Cl)S(C)(=O)=O. The number of halogens is 2. The van der Waals surface area contributed by atoms with E-state index in [-0.39, 0.29) is 26.2 Å². The number of nitrogens with zero attached hydrogens (tertiary/aromatic N) is 2. The third kappa shape index (κ3) is 3.12. The van der Waals surface area contributed by atoms with Crippen molar-refractivity contribution in [1.29, 1.82) is 0 Å². The Hall–Kier alpha value is -1.61. The predicted octanol–water partition coefficient (Wildman–Crippen LogP) is 3.95. The molecule has 0 aliphatic carbocycles. The van der Waals surface area contributed by atoms with Gasteiger partial charge in [-0.1, -0.05) is 35.3 Å². The summed E-state index contributed by atoms with van der Waals surface area (Å²) in [4.78, 5) is 4.25. The van der Waals surface area contributed by atoms with Gasteiger partial charge in [-0.05, 0) is 37.6 Å². The fourth-order valence-corrected chi connectivity index (χ4v) is 6.21. The lowest BCUT2D eigenvalue weighted by Crippen LogP contribution is -2.33. The van der Waals surface area contributed by atoms with Crippen molar-refractivity contribution >= 4 is 59.7 Å². The maximum absolute atomic E-state index is 13.4. The molecule has 3 rings (SSSR count). The second-order valence-corrected chi connectivity index (χ2v) is 12.2. The first kappa shape index (κ1) is 21.1. The monoisotopic (exact) mass is 460 g/mol. The second-order valence-electron chi connectivity index (χ2n) is 6.95. The Morgan fingerprint density at radius 1 is 1.14 bits per heavy atom. The molecule has 2 heterocycles. The van der Waals surface area contributed by atoms with Crippen molar-refractivity contribution < 1.29 is 16.8 Å². The number of sulfone groups is 1. The summed E-state index contributed by atoms with van der Waals surface area (Å²) < 4.78 is 50.4. The molecule has 1 aliphatic rings. The third-order valence-electron chi connectivity index (χ3n) is 4.86. The van der Waals surface area contributed by atoms with Crippen molar-refractivity contribution in [3.63, 3.8) is 0 Å². The number of hydrogen-bond acceptors (Lipinski definition) is 5. The molecule has 10 heteroatoms. The first-order valence-corrected chi connectivity index (χ1v) is 12.2. The van der Waals surface area contributed by atoms with Crippen LogP contribution in [0.5, 0.6) is 0 Å². The van der Waals surface area contributed by atoms with E-state index < -0.39 is 24.6 Å². The number of aromatic nitrogens is 1. The second kappa shape index (κ2) is 6.73. The minimum atomic E-state index is -3.86. The van der Waals surface area contributed by atoms with Gasteiger partial charge in [-0.2, -0.15) is 0 Å². The fraction of sp³-hybridized carbons (Fsp3) is 0.278. The average Bonchev–Trinajstić information content (AvgIpc) is 2.58. The molecule has 0 N–H and O–H groups in total. The number of sulfonamides is 1. The lowest BCUT2D eigenvalue weighted by molar-refractivity contribution is 0.564. The average molecular weight is 461 g/mol. The van der Waals surface area contributed by atoms with Crippen LogP contribution in [-0.4, -0.2) is 35.1 Å². The van der Waals surface area contributed by atoms with Crippen molar-refractivity contribution in [3.8, 4) is 0 Å². The molecule has 2 aromatic rings.